The predicted molar refractivity (Wildman–Crippen MR) is 110 cm³/mol. The van der Waals surface area contributed by atoms with E-state index in [2.05, 4.69) is 16.0 Å². The van der Waals surface area contributed by atoms with Crippen LogP contribution < -0.4 is 4.74 Å². The minimum atomic E-state index is -0.507. The van der Waals surface area contributed by atoms with E-state index in [0.29, 0.717) is 11.3 Å². The minimum absolute atomic E-state index is 0.0871. The topological polar surface area (TPSA) is 101 Å². The van der Waals surface area contributed by atoms with Crippen molar-refractivity contribution in [3.05, 3.63) is 74.3 Å². The first-order chi connectivity index (χ1) is 14.1. The van der Waals surface area contributed by atoms with Gasteiger partial charge in [0.1, 0.15) is 23.0 Å². The first kappa shape index (κ1) is 18.8. The quantitative estimate of drug-likeness (QED) is 0.324. The van der Waals surface area contributed by atoms with Gasteiger partial charge in [0.25, 0.3) is 5.69 Å². The van der Waals surface area contributed by atoms with Crippen molar-refractivity contribution in [2.24, 2.45) is 4.99 Å². The van der Waals surface area contributed by atoms with Crippen LogP contribution in [0.4, 0.5) is 10.7 Å². The molecule has 1 aliphatic rings. The van der Waals surface area contributed by atoms with Crippen molar-refractivity contribution >= 4 is 28.2 Å². The number of thiophene rings is 1. The molecule has 0 aliphatic heterocycles. The second kappa shape index (κ2) is 8.20. The zero-order valence-electron chi connectivity index (χ0n) is 15.4. The highest BCUT2D eigenvalue weighted by Gasteiger charge is 2.20. The number of hydrogen-bond donors (Lipinski definition) is 0. The third-order valence-corrected chi connectivity index (χ3v) is 5.83. The molecule has 7 nitrogen and oxygen atoms in total. The van der Waals surface area contributed by atoms with Crippen molar-refractivity contribution in [1.82, 2.24) is 4.98 Å². The minimum Gasteiger partial charge on any atom is -0.439 e. The average molecular weight is 404 g/mol. The molecule has 29 heavy (non-hydrogen) atoms. The van der Waals surface area contributed by atoms with Crippen LogP contribution in [0.2, 0.25) is 0 Å². The Morgan fingerprint density at radius 3 is 2.69 bits per heavy atom. The standard InChI is InChI=1S/C21H16N4O3S/c22-11-18-17-3-1-2-4-19(17)29-21(18)24-12-14-5-8-16(9-6-14)28-20-10-7-15(13-23-20)25(26)27/h5-10,12-13H,1-4H2. The number of aliphatic imine (C=N–C) groups is 1. The Morgan fingerprint density at radius 2 is 2.00 bits per heavy atom. The monoisotopic (exact) mass is 404 g/mol. The van der Waals surface area contributed by atoms with Crippen molar-refractivity contribution in [1.29, 1.82) is 5.26 Å². The Labute approximate surface area is 171 Å². The average Bonchev–Trinajstić information content (AvgIpc) is 3.11. The molecular formula is C21H16N4O3S. The summed E-state index contributed by atoms with van der Waals surface area (Å²) in [7, 11) is 0. The fourth-order valence-electron chi connectivity index (χ4n) is 3.17. The molecule has 0 unspecified atom stereocenters. The van der Waals surface area contributed by atoms with Gasteiger partial charge in [-0.3, -0.25) is 10.1 Å². The molecule has 1 aliphatic carbocycles. The summed E-state index contributed by atoms with van der Waals surface area (Å²) in [6.07, 6.45) is 7.20. The summed E-state index contributed by atoms with van der Waals surface area (Å²) in [5.41, 5.74) is 2.68. The van der Waals surface area contributed by atoms with Crippen LogP contribution in [-0.4, -0.2) is 16.1 Å². The van der Waals surface area contributed by atoms with Crippen LogP contribution in [0.1, 0.15) is 34.4 Å². The number of hydrogen-bond acceptors (Lipinski definition) is 7. The molecule has 144 valence electrons. The Bertz CT molecular complexity index is 1110. The summed E-state index contributed by atoms with van der Waals surface area (Å²) in [6, 6.07) is 12.4. The molecule has 0 bridgehead atoms. The molecule has 0 radical (unpaired) electrons. The fraction of sp³-hybridized carbons (Fsp3) is 0.190. The van der Waals surface area contributed by atoms with Gasteiger partial charge in [-0.1, -0.05) is 0 Å². The maximum absolute atomic E-state index is 10.7. The van der Waals surface area contributed by atoms with Gasteiger partial charge in [-0.15, -0.1) is 11.3 Å². The second-order valence-corrected chi connectivity index (χ2v) is 7.63. The molecular weight excluding hydrogens is 388 g/mol. The highest BCUT2D eigenvalue weighted by atomic mass is 32.1. The molecule has 1 aromatic carbocycles. The number of rotatable bonds is 5. The Hall–Kier alpha value is -3.57. The lowest BCUT2D eigenvalue weighted by molar-refractivity contribution is -0.385. The van der Waals surface area contributed by atoms with Gasteiger partial charge in [-0.25, -0.2) is 9.98 Å². The normalized spacial score (nSPS) is 13.1. The number of pyridine rings is 1. The summed E-state index contributed by atoms with van der Waals surface area (Å²) in [5, 5.41) is 20.9. The summed E-state index contributed by atoms with van der Waals surface area (Å²) < 4.78 is 5.60. The van der Waals surface area contributed by atoms with Gasteiger partial charge < -0.3 is 4.74 Å². The second-order valence-electron chi connectivity index (χ2n) is 6.54. The Morgan fingerprint density at radius 1 is 1.21 bits per heavy atom. The van der Waals surface area contributed by atoms with Crippen molar-refractivity contribution < 1.29 is 9.66 Å². The highest BCUT2D eigenvalue weighted by Crippen LogP contribution is 2.39. The SMILES string of the molecule is N#Cc1c(N=Cc2ccc(Oc3ccc([N+](=O)[O-])cn3)cc2)sc2c1CCCC2. The van der Waals surface area contributed by atoms with E-state index in [-0.39, 0.29) is 11.6 Å². The van der Waals surface area contributed by atoms with Gasteiger partial charge in [0.05, 0.1) is 10.5 Å². The smallest absolute Gasteiger partial charge is 0.287 e. The van der Waals surface area contributed by atoms with Crippen LogP contribution in [0.15, 0.2) is 47.6 Å². The number of nitriles is 1. The molecule has 0 saturated carbocycles. The third-order valence-electron chi connectivity index (χ3n) is 4.63. The van der Waals surface area contributed by atoms with Gasteiger partial charge in [0.2, 0.25) is 5.88 Å². The molecule has 2 aromatic heterocycles. The Kier molecular flexibility index (Phi) is 5.31. The molecule has 0 atom stereocenters. The molecule has 0 fully saturated rings. The summed E-state index contributed by atoms with van der Waals surface area (Å²) in [5.74, 6) is 0.840. The van der Waals surface area contributed by atoms with Gasteiger partial charge in [0, 0.05) is 23.2 Å². The van der Waals surface area contributed by atoms with Gasteiger partial charge in [0.15, 0.2) is 0 Å². The van der Waals surface area contributed by atoms with Crippen molar-refractivity contribution in [2.45, 2.75) is 25.7 Å². The number of nitrogens with zero attached hydrogens (tertiary/aromatic N) is 4. The van der Waals surface area contributed by atoms with E-state index in [1.165, 1.54) is 29.0 Å². The molecule has 0 N–H and O–H groups in total. The van der Waals surface area contributed by atoms with E-state index in [4.69, 9.17) is 4.74 Å². The largest absolute Gasteiger partial charge is 0.439 e. The summed E-state index contributed by atoms with van der Waals surface area (Å²) in [4.78, 5) is 19.9. The highest BCUT2D eigenvalue weighted by molar-refractivity contribution is 7.16. The van der Waals surface area contributed by atoms with E-state index in [0.717, 1.165) is 36.0 Å². The van der Waals surface area contributed by atoms with Crippen LogP contribution in [0, 0.1) is 21.4 Å². The molecule has 4 rings (SSSR count). The number of nitro groups is 1. The Balaban J connectivity index is 1.46. The number of fused-ring (bicyclic) bond motifs is 1. The van der Waals surface area contributed by atoms with E-state index in [1.54, 1.807) is 29.7 Å². The molecule has 0 amide bonds. The van der Waals surface area contributed by atoms with Gasteiger partial charge in [-0.05, 0) is 61.1 Å². The lowest BCUT2D eigenvalue weighted by Gasteiger charge is -2.09. The third kappa shape index (κ3) is 4.15. The van der Waals surface area contributed by atoms with E-state index < -0.39 is 4.92 Å². The maximum Gasteiger partial charge on any atom is 0.287 e. The van der Waals surface area contributed by atoms with Crippen LogP contribution in [0.5, 0.6) is 11.6 Å². The van der Waals surface area contributed by atoms with Crippen LogP contribution >= 0.6 is 11.3 Å². The van der Waals surface area contributed by atoms with Crippen molar-refractivity contribution in [3.8, 4) is 17.7 Å². The van der Waals surface area contributed by atoms with Crippen molar-refractivity contribution in [2.75, 3.05) is 0 Å². The van der Waals surface area contributed by atoms with Crippen LogP contribution in [0.25, 0.3) is 0 Å². The van der Waals surface area contributed by atoms with Crippen LogP contribution in [-0.2, 0) is 12.8 Å². The molecule has 3 aromatic rings. The number of ether oxygens (including phenoxy) is 1. The number of benzene rings is 1. The van der Waals surface area contributed by atoms with Gasteiger partial charge in [-0.2, -0.15) is 5.26 Å². The zero-order chi connectivity index (χ0) is 20.2. The molecule has 2 heterocycles. The van der Waals surface area contributed by atoms with E-state index in [1.807, 2.05) is 12.1 Å². The zero-order valence-corrected chi connectivity index (χ0v) is 16.2. The maximum atomic E-state index is 10.7. The van der Waals surface area contributed by atoms with E-state index >= 15 is 0 Å². The molecule has 8 heteroatoms. The lowest BCUT2D eigenvalue weighted by Crippen LogP contribution is -1.99. The molecule has 0 spiro atoms. The van der Waals surface area contributed by atoms with Crippen LogP contribution in [0.3, 0.4) is 0 Å². The fourth-order valence-corrected chi connectivity index (χ4v) is 4.36. The number of aromatic nitrogens is 1. The first-order valence-corrected chi connectivity index (χ1v) is 9.93. The van der Waals surface area contributed by atoms with E-state index in [9.17, 15) is 15.4 Å². The summed E-state index contributed by atoms with van der Waals surface area (Å²) >= 11 is 1.61. The molecule has 0 saturated heterocycles. The van der Waals surface area contributed by atoms with Gasteiger partial charge >= 0.3 is 0 Å². The first-order valence-electron chi connectivity index (χ1n) is 9.11. The predicted octanol–water partition coefficient (Wildman–Crippen LogP) is 5.34. The number of aryl methyl sites for hydroxylation is 1. The van der Waals surface area contributed by atoms with Crippen molar-refractivity contribution in [3.63, 3.8) is 0 Å². The lowest BCUT2D eigenvalue weighted by atomic mass is 9.96. The summed E-state index contributed by atoms with van der Waals surface area (Å²) in [6.45, 7) is 0.